The molecular weight excluding hydrogens is 363 g/mol. The van der Waals surface area contributed by atoms with Crippen LogP contribution in [0.25, 0.3) is 0 Å². The standard InChI is InChI=1S/C21H21FN2O4/c1-15(2)28-21(26)16-8-10-17(11-9-16)27-14-20(25)24(13-5-12-23)19-7-4-3-6-18(19)22/h3-4,6-11,15H,5,13-14H2,1-2H3. The third kappa shape index (κ3) is 5.81. The van der Waals surface area contributed by atoms with Crippen molar-refractivity contribution < 1.29 is 23.5 Å². The fourth-order valence-electron chi connectivity index (χ4n) is 2.40. The van der Waals surface area contributed by atoms with Crippen LogP contribution in [0.3, 0.4) is 0 Å². The summed E-state index contributed by atoms with van der Waals surface area (Å²) in [5.74, 6) is -1.10. The topological polar surface area (TPSA) is 79.6 Å². The predicted molar refractivity (Wildman–Crippen MR) is 101 cm³/mol. The van der Waals surface area contributed by atoms with Gasteiger partial charge in [-0.2, -0.15) is 5.26 Å². The zero-order chi connectivity index (χ0) is 20.5. The first-order valence-corrected chi connectivity index (χ1v) is 8.78. The van der Waals surface area contributed by atoms with Crippen molar-refractivity contribution in [3.63, 3.8) is 0 Å². The first kappa shape index (κ1) is 20.9. The van der Waals surface area contributed by atoms with E-state index in [1.54, 1.807) is 32.0 Å². The van der Waals surface area contributed by atoms with Crippen molar-refractivity contribution in [2.75, 3.05) is 18.1 Å². The molecule has 0 radical (unpaired) electrons. The third-order valence-corrected chi connectivity index (χ3v) is 3.69. The lowest BCUT2D eigenvalue weighted by molar-refractivity contribution is -0.120. The maximum absolute atomic E-state index is 14.0. The Morgan fingerprint density at radius 2 is 1.82 bits per heavy atom. The Labute approximate surface area is 163 Å². The minimum Gasteiger partial charge on any atom is -0.484 e. The van der Waals surface area contributed by atoms with Crippen molar-refractivity contribution in [1.82, 2.24) is 0 Å². The number of esters is 1. The van der Waals surface area contributed by atoms with E-state index in [0.717, 1.165) is 0 Å². The van der Waals surface area contributed by atoms with Crippen molar-refractivity contribution in [3.8, 4) is 11.8 Å². The average molecular weight is 384 g/mol. The minimum absolute atomic E-state index is 0.0552. The highest BCUT2D eigenvalue weighted by atomic mass is 19.1. The van der Waals surface area contributed by atoms with Crippen LogP contribution in [0, 0.1) is 17.1 Å². The quantitative estimate of drug-likeness (QED) is 0.648. The number of benzene rings is 2. The first-order valence-electron chi connectivity index (χ1n) is 8.78. The Morgan fingerprint density at radius 1 is 1.14 bits per heavy atom. The van der Waals surface area contributed by atoms with E-state index in [-0.39, 0.29) is 31.4 Å². The largest absolute Gasteiger partial charge is 0.484 e. The molecule has 0 aliphatic rings. The maximum Gasteiger partial charge on any atom is 0.338 e. The van der Waals surface area contributed by atoms with Gasteiger partial charge in [0.05, 0.1) is 29.8 Å². The van der Waals surface area contributed by atoms with Crippen LogP contribution in [0.1, 0.15) is 30.6 Å². The second kappa shape index (κ2) is 10.1. The van der Waals surface area contributed by atoms with E-state index >= 15 is 0 Å². The Balaban J connectivity index is 2.03. The van der Waals surface area contributed by atoms with E-state index in [1.165, 1.54) is 35.2 Å². The van der Waals surface area contributed by atoms with Crippen LogP contribution >= 0.6 is 0 Å². The molecule has 2 aromatic carbocycles. The summed E-state index contributed by atoms with van der Waals surface area (Å²) in [7, 11) is 0. The van der Waals surface area contributed by atoms with Gasteiger partial charge < -0.3 is 14.4 Å². The number of hydrogen-bond acceptors (Lipinski definition) is 5. The number of para-hydroxylation sites is 1. The number of ether oxygens (including phenoxy) is 2. The van der Waals surface area contributed by atoms with Crippen LogP contribution in [-0.2, 0) is 9.53 Å². The number of hydrogen-bond donors (Lipinski definition) is 0. The van der Waals surface area contributed by atoms with Crippen LogP contribution in [-0.4, -0.2) is 31.1 Å². The molecule has 0 heterocycles. The van der Waals surface area contributed by atoms with Crippen molar-refractivity contribution in [1.29, 1.82) is 5.26 Å². The van der Waals surface area contributed by atoms with Crippen molar-refractivity contribution in [2.24, 2.45) is 0 Å². The molecule has 1 amide bonds. The maximum atomic E-state index is 14.0. The number of rotatable bonds is 8. The zero-order valence-electron chi connectivity index (χ0n) is 15.7. The SMILES string of the molecule is CC(C)OC(=O)c1ccc(OCC(=O)N(CCC#N)c2ccccc2F)cc1. The van der Waals surface area contributed by atoms with E-state index in [0.29, 0.717) is 11.3 Å². The molecule has 146 valence electrons. The number of amides is 1. The molecule has 7 heteroatoms. The second-order valence-electron chi connectivity index (χ2n) is 6.17. The van der Waals surface area contributed by atoms with Gasteiger partial charge in [-0.25, -0.2) is 9.18 Å². The molecule has 0 fully saturated rings. The normalized spacial score (nSPS) is 10.2. The van der Waals surface area contributed by atoms with E-state index in [4.69, 9.17) is 14.7 Å². The first-order chi connectivity index (χ1) is 13.4. The highest BCUT2D eigenvalue weighted by Crippen LogP contribution is 2.20. The highest BCUT2D eigenvalue weighted by Gasteiger charge is 2.19. The molecule has 0 atom stereocenters. The van der Waals surface area contributed by atoms with Gasteiger partial charge >= 0.3 is 5.97 Å². The summed E-state index contributed by atoms with van der Waals surface area (Å²) in [6, 6.07) is 14.0. The molecule has 2 aromatic rings. The number of nitrogens with zero attached hydrogens (tertiary/aromatic N) is 2. The van der Waals surface area contributed by atoms with Gasteiger partial charge in [0.15, 0.2) is 6.61 Å². The number of carbonyl (C=O) groups is 2. The molecule has 6 nitrogen and oxygen atoms in total. The van der Waals surface area contributed by atoms with Crippen molar-refractivity contribution in [3.05, 3.63) is 59.9 Å². The lowest BCUT2D eigenvalue weighted by Crippen LogP contribution is -2.36. The van der Waals surface area contributed by atoms with Crippen LogP contribution < -0.4 is 9.64 Å². The van der Waals surface area contributed by atoms with E-state index in [1.807, 2.05) is 6.07 Å². The van der Waals surface area contributed by atoms with Gasteiger partial charge in [0.25, 0.3) is 5.91 Å². The fourth-order valence-corrected chi connectivity index (χ4v) is 2.40. The third-order valence-electron chi connectivity index (χ3n) is 3.69. The smallest absolute Gasteiger partial charge is 0.338 e. The van der Waals surface area contributed by atoms with E-state index in [2.05, 4.69) is 0 Å². The molecular formula is C21H21FN2O4. The van der Waals surface area contributed by atoms with Gasteiger partial charge in [-0.1, -0.05) is 12.1 Å². The van der Waals surface area contributed by atoms with Crippen LogP contribution in [0.2, 0.25) is 0 Å². The summed E-state index contributed by atoms with van der Waals surface area (Å²) in [4.78, 5) is 25.5. The van der Waals surface area contributed by atoms with Gasteiger partial charge in [-0.05, 0) is 50.2 Å². The average Bonchev–Trinajstić information content (AvgIpc) is 2.67. The summed E-state index contributed by atoms with van der Waals surface area (Å²) in [5.41, 5.74) is 0.465. The monoisotopic (exact) mass is 384 g/mol. The summed E-state index contributed by atoms with van der Waals surface area (Å²) in [6.07, 6.45) is -0.161. The van der Waals surface area contributed by atoms with E-state index in [9.17, 15) is 14.0 Å². The van der Waals surface area contributed by atoms with Gasteiger partial charge in [0.2, 0.25) is 0 Å². The van der Waals surface area contributed by atoms with Gasteiger partial charge in [-0.3, -0.25) is 4.79 Å². The minimum atomic E-state index is -0.554. The summed E-state index contributed by atoms with van der Waals surface area (Å²) >= 11 is 0. The lowest BCUT2D eigenvalue weighted by atomic mass is 10.2. The molecule has 0 saturated heterocycles. The Morgan fingerprint density at radius 3 is 2.43 bits per heavy atom. The molecule has 28 heavy (non-hydrogen) atoms. The summed E-state index contributed by atoms with van der Waals surface area (Å²) in [6.45, 7) is 3.23. The summed E-state index contributed by atoms with van der Waals surface area (Å²) in [5, 5.41) is 8.80. The number of nitriles is 1. The fraction of sp³-hybridized carbons (Fsp3) is 0.286. The summed E-state index contributed by atoms with van der Waals surface area (Å²) < 4.78 is 24.6. The van der Waals surface area contributed by atoms with Gasteiger partial charge in [0.1, 0.15) is 11.6 Å². The Hall–Kier alpha value is -3.40. The Kier molecular flexibility index (Phi) is 7.52. The van der Waals surface area contributed by atoms with Crippen LogP contribution in [0.5, 0.6) is 5.75 Å². The molecule has 0 spiro atoms. The Bertz CT molecular complexity index is 859. The molecule has 0 bridgehead atoms. The molecule has 0 aliphatic carbocycles. The molecule has 2 rings (SSSR count). The number of halogens is 1. The van der Waals surface area contributed by atoms with E-state index < -0.39 is 17.7 Å². The van der Waals surface area contributed by atoms with Crippen LogP contribution in [0.4, 0.5) is 10.1 Å². The van der Waals surface area contributed by atoms with Gasteiger partial charge in [-0.15, -0.1) is 0 Å². The molecule has 0 N–H and O–H groups in total. The molecule has 0 aliphatic heterocycles. The van der Waals surface area contributed by atoms with Crippen molar-refractivity contribution >= 4 is 17.6 Å². The molecule has 0 saturated carbocycles. The zero-order valence-corrected chi connectivity index (χ0v) is 15.7. The highest BCUT2D eigenvalue weighted by molar-refractivity contribution is 5.94. The second-order valence-corrected chi connectivity index (χ2v) is 6.17. The number of carbonyl (C=O) groups excluding carboxylic acids is 2. The molecule has 0 aromatic heterocycles. The lowest BCUT2D eigenvalue weighted by Gasteiger charge is -2.22. The number of anilines is 1. The van der Waals surface area contributed by atoms with Crippen molar-refractivity contribution in [2.45, 2.75) is 26.4 Å². The molecule has 0 unspecified atom stereocenters. The van der Waals surface area contributed by atoms with Crippen LogP contribution in [0.15, 0.2) is 48.5 Å². The predicted octanol–water partition coefficient (Wildman–Crippen LogP) is 3.72. The van der Waals surface area contributed by atoms with Gasteiger partial charge in [0, 0.05) is 6.54 Å².